The molecule has 3 rings (SSSR count). The van der Waals surface area contributed by atoms with Crippen LogP contribution in [0.2, 0.25) is 5.02 Å². The molecule has 0 N–H and O–H groups in total. The van der Waals surface area contributed by atoms with Crippen LogP contribution in [0.1, 0.15) is 5.89 Å². The van der Waals surface area contributed by atoms with Gasteiger partial charge >= 0.3 is 0 Å². The second-order valence-electron chi connectivity index (χ2n) is 4.11. The number of hydrogen-bond acceptors (Lipinski definition) is 4. The zero-order valence-electron chi connectivity index (χ0n) is 10.5. The van der Waals surface area contributed by atoms with Crippen LogP contribution < -0.4 is 0 Å². The van der Waals surface area contributed by atoms with Gasteiger partial charge in [-0.05, 0) is 36.4 Å². The summed E-state index contributed by atoms with van der Waals surface area (Å²) in [7, 11) is 0. The minimum absolute atomic E-state index is 0.519. The highest BCUT2D eigenvalue weighted by Gasteiger charge is 2.08. The molecule has 0 unspecified atom stereocenters. The summed E-state index contributed by atoms with van der Waals surface area (Å²) in [5.41, 5.74) is 0.873. The number of rotatable bonds is 4. The Balaban J connectivity index is 1.69. The molecular formula is C15H11ClN2OS. The molecule has 0 aliphatic rings. The summed E-state index contributed by atoms with van der Waals surface area (Å²) in [5, 5.41) is 8.80. The quantitative estimate of drug-likeness (QED) is 0.656. The number of benzene rings is 2. The van der Waals surface area contributed by atoms with Crippen LogP contribution in [0.25, 0.3) is 11.5 Å². The van der Waals surface area contributed by atoms with Crippen LogP contribution in [-0.4, -0.2) is 10.2 Å². The summed E-state index contributed by atoms with van der Waals surface area (Å²) in [6.45, 7) is 0. The third kappa shape index (κ3) is 3.21. The van der Waals surface area contributed by atoms with Gasteiger partial charge in [0.2, 0.25) is 11.8 Å². The Kier molecular flexibility index (Phi) is 4.04. The summed E-state index contributed by atoms with van der Waals surface area (Å²) >= 11 is 7.52. The minimum Gasteiger partial charge on any atom is -0.420 e. The lowest BCUT2D eigenvalue weighted by molar-refractivity contribution is 0.528. The minimum atomic E-state index is 0.519. The zero-order chi connectivity index (χ0) is 13.8. The third-order valence-corrected chi connectivity index (χ3v) is 3.91. The van der Waals surface area contributed by atoms with Crippen molar-refractivity contribution in [1.82, 2.24) is 10.2 Å². The van der Waals surface area contributed by atoms with Gasteiger partial charge in [-0.2, -0.15) is 0 Å². The first-order valence-corrected chi connectivity index (χ1v) is 7.44. The van der Waals surface area contributed by atoms with Crippen molar-refractivity contribution in [2.75, 3.05) is 0 Å². The van der Waals surface area contributed by atoms with Gasteiger partial charge in [0.15, 0.2) is 0 Å². The maximum atomic E-state index is 5.85. The van der Waals surface area contributed by atoms with E-state index in [9.17, 15) is 0 Å². The normalized spacial score (nSPS) is 10.7. The molecule has 0 bridgehead atoms. The van der Waals surface area contributed by atoms with Gasteiger partial charge in [-0.15, -0.1) is 22.0 Å². The first-order valence-electron chi connectivity index (χ1n) is 6.07. The van der Waals surface area contributed by atoms with Crippen molar-refractivity contribution in [3.05, 3.63) is 65.5 Å². The second-order valence-corrected chi connectivity index (χ2v) is 5.59. The predicted molar refractivity (Wildman–Crippen MR) is 80.7 cm³/mol. The summed E-state index contributed by atoms with van der Waals surface area (Å²) in [4.78, 5) is 1.18. The fraction of sp³-hybridized carbons (Fsp3) is 0.0667. The monoisotopic (exact) mass is 302 g/mol. The van der Waals surface area contributed by atoms with Crippen LogP contribution in [0.5, 0.6) is 0 Å². The Morgan fingerprint density at radius 3 is 2.45 bits per heavy atom. The average Bonchev–Trinajstić information content (AvgIpc) is 2.96. The van der Waals surface area contributed by atoms with Crippen LogP contribution in [0.3, 0.4) is 0 Å². The van der Waals surface area contributed by atoms with Crippen molar-refractivity contribution in [3.8, 4) is 11.5 Å². The fourth-order valence-electron chi connectivity index (χ4n) is 1.68. The number of hydrogen-bond donors (Lipinski definition) is 0. The average molecular weight is 303 g/mol. The van der Waals surface area contributed by atoms with Gasteiger partial charge in [-0.1, -0.05) is 29.8 Å². The molecule has 0 atom stereocenters. The lowest BCUT2D eigenvalue weighted by Gasteiger charge is -1.97. The van der Waals surface area contributed by atoms with E-state index < -0.39 is 0 Å². The molecule has 0 radical (unpaired) electrons. The maximum absolute atomic E-state index is 5.85. The Morgan fingerprint density at radius 1 is 0.950 bits per heavy atom. The largest absolute Gasteiger partial charge is 0.420 e. The van der Waals surface area contributed by atoms with E-state index in [0.29, 0.717) is 22.6 Å². The summed E-state index contributed by atoms with van der Waals surface area (Å²) in [6.07, 6.45) is 0. The van der Waals surface area contributed by atoms with Gasteiger partial charge in [0.1, 0.15) is 0 Å². The molecule has 0 fully saturated rings. The van der Waals surface area contributed by atoms with Crippen molar-refractivity contribution < 1.29 is 4.42 Å². The highest BCUT2D eigenvalue weighted by molar-refractivity contribution is 7.98. The molecule has 0 saturated carbocycles. The van der Waals surface area contributed by atoms with E-state index >= 15 is 0 Å². The lowest BCUT2D eigenvalue weighted by Crippen LogP contribution is -1.79. The van der Waals surface area contributed by atoms with E-state index in [-0.39, 0.29) is 0 Å². The number of aromatic nitrogens is 2. The van der Waals surface area contributed by atoms with Gasteiger partial charge in [0.05, 0.1) is 5.75 Å². The van der Waals surface area contributed by atoms with Gasteiger partial charge in [-0.25, -0.2) is 0 Å². The van der Waals surface area contributed by atoms with Crippen LogP contribution in [0.4, 0.5) is 0 Å². The fourth-order valence-corrected chi connectivity index (χ4v) is 2.57. The summed E-state index contributed by atoms with van der Waals surface area (Å²) < 4.78 is 5.65. The number of nitrogens with zero attached hydrogens (tertiary/aromatic N) is 2. The van der Waals surface area contributed by atoms with E-state index in [0.717, 1.165) is 5.56 Å². The van der Waals surface area contributed by atoms with E-state index in [1.807, 2.05) is 30.3 Å². The zero-order valence-corrected chi connectivity index (χ0v) is 12.1. The second kappa shape index (κ2) is 6.11. The number of halogens is 1. The van der Waals surface area contributed by atoms with E-state index in [2.05, 4.69) is 22.3 Å². The highest BCUT2D eigenvalue weighted by Crippen LogP contribution is 2.24. The van der Waals surface area contributed by atoms with Crippen LogP contribution >= 0.6 is 23.4 Å². The van der Waals surface area contributed by atoms with Crippen LogP contribution in [0, 0.1) is 0 Å². The standard InChI is InChI=1S/C15H11ClN2OS/c16-12-8-6-11(7-9-12)15-18-17-14(19-15)10-20-13-4-2-1-3-5-13/h1-9H,10H2. The molecular weight excluding hydrogens is 292 g/mol. The molecule has 100 valence electrons. The Hall–Kier alpha value is -1.78. The Morgan fingerprint density at radius 2 is 1.70 bits per heavy atom. The van der Waals surface area contributed by atoms with Crippen molar-refractivity contribution in [3.63, 3.8) is 0 Å². The topological polar surface area (TPSA) is 38.9 Å². The van der Waals surface area contributed by atoms with Gasteiger partial charge in [0, 0.05) is 15.5 Å². The van der Waals surface area contributed by atoms with Crippen LogP contribution in [0.15, 0.2) is 63.9 Å². The third-order valence-electron chi connectivity index (χ3n) is 2.66. The van der Waals surface area contributed by atoms with Crippen LogP contribution in [-0.2, 0) is 5.75 Å². The van der Waals surface area contributed by atoms with Gasteiger partial charge < -0.3 is 4.42 Å². The SMILES string of the molecule is Clc1ccc(-c2nnc(CSc3ccccc3)o2)cc1. The van der Waals surface area contributed by atoms with Crippen molar-refractivity contribution in [2.45, 2.75) is 10.6 Å². The first kappa shape index (κ1) is 13.2. The number of thioether (sulfide) groups is 1. The van der Waals surface area contributed by atoms with Crippen molar-refractivity contribution in [2.24, 2.45) is 0 Å². The molecule has 0 saturated heterocycles. The Bertz CT molecular complexity index is 683. The maximum Gasteiger partial charge on any atom is 0.247 e. The van der Waals surface area contributed by atoms with Crippen molar-refractivity contribution >= 4 is 23.4 Å². The smallest absolute Gasteiger partial charge is 0.247 e. The molecule has 0 spiro atoms. The van der Waals surface area contributed by atoms with Gasteiger partial charge in [-0.3, -0.25) is 0 Å². The molecule has 1 aromatic heterocycles. The first-order chi connectivity index (χ1) is 9.81. The molecule has 3 nitrogen and oxygen atoms in total. The van der Waals surface area contributed by atoms with Gasteiger partial charge in [0.25, 0.3) is 0 Å². The molecule has 1 heterocycles. The van der Waals surface area contributed by atoms with Crippen molar-refractivity contribution in [1.29, 1.82) is 0 Å². The Labute approximate surface area is 126 Å². The molecule has 3 aromatic rings. The van der Waals surface area contributed by atoms with E-state index in [1.54, 1.807) is 23.9 Å². The van der Waals surface area contributed by atoms with E-state index in [4.69, 9.17) is 16.0 Å². The summed E-state index contributed by atoms with van der Waals surface area (Å²) in [6, 6.07) is 17.5. The summed E-state index contributed by atoms with van der Waals surface area (Å²) in [5.74, 6) is 1.79. The highest BCUT2D eigenvalue weighted by atomic mass is 35.5. The lowest BCUT2D eigenvalue weighted by atomic mass is 10.2. The van der Waals surface area contributed by atoms with E-state index in [1.165, 1.54) is 4.90 Å². The molecule has 20 heavy (non-hydrogen) atoms. The molecule has 0 aliphatic carbocycles. The molecule has 0 amide bonds. The predicted octanol–water partition coefficient (Wildman–Crippen LogP) is 4.68. The molecule has 0 aliphatic heterocycles. The molecule has 5 heteroatoms. The molecule has 2 aromatic carbocycles.